The number of primary amides is 1. The lowest BCUT2D eigenvalue weighted by molar-refractivity contribution is -0.119. The van der Waals surface area contributed by atoms with Crippen LogP contribution in [0.1, 0.15) is 29.5 Å². The molecule has 0 saturated heterocycles. The van der Waals surface area contributed by atoms with Crippen LogP contribution in [0.25, 0.3) is 0 Å². The summed E-state index contributed by atoms with van der Waals surface area (Å²) in [7, 11) is 0. The summed E-state index contributed by atoms with van der Waals surface area (Å²) in [5.41, 5.74) is 8.62. The molecule has 1 atom stereocenters. The van der Waals surface area contributed by atoms with Crippen LogP contribution in [-0.4, -0.2) is 23.9 Å². The predicted molar refractivity (Wildman–Crippen MR) is 107 cm³/mol. The summed E-state index contributed by atoms with van der Waals surface area (Å²) in [6.07, 6.45) is -0.703. The molecular weight excluding hydrogens is 358 g/mol. The summed E-state index contributed by atoms with van der Waals surface area (Å²) in [4.78, 5) is 35.9. The van der Waals surface area contributed by atoms with E-state index in [4.69, 9.17) is 10.5 Å². The zero-order chi connectivity index (χ0) is 20.5. The van der Waals surface area contributed by atoms with Gasteiger partial charge in [0, 0.05) is 12.1 Å². The number of hydrogen-bond acceptors (Lipinski definition) is 4. The van der Waals surface area contributed by atoms with Crippen molar-refractivity contribution >= 4 is 23.6 Å². The van der Waals surface area contributed by atoms with Gasteiger partial charge in [-0.15, -0.1) is 0 Å². The SMILES string of the molecule is Cc1ccc(NC(=O)C(CCC(N)=O)NC(=O)OCc2ccccc2)c(C)c1. The normalized spacial score (nSPS) is 11.4. The average molecular weight is 383 g/mol. The van der Waals surface area contributed by atoms with Crippen molar-refractivity contribution in [3.8, 4) is 0 Å². The standard InChI is InChI=1S/C21H25N3O4/c1-14-8-9-17(15(2)12-14)23-20(26)18(10-11-19(22)25)24-21(27)28-13-16-6-4-3-5-7-16/h3-9,12,18H,10-11,13H2,1-2H3,(H2,22,25)(H,23,26)(H,24,27). The molecule has 7 heteroatoms. The van der Waals surface area contributed by atoms with Gasteiger partial charge in [-0.05, 0) is 37.5 Å². The first kappa shape index (κ1) is 21.0. The highest BCUT2D eigenvalue weighted by atomic mass is 16.5. The largest absolute Gasteiger partial charge is 0.445 e. The van der Waals surface area contributed by atoms with Gasteiger partial charge >= 0.3 is 6.09 Å². The monoisotopic (exact) mass is 383 g/mol. The summed E-state index contributed by atoms with van der Waals surface area (Å²) in [5.74, 6) is -0.992. The fourth-order valence-corrected chi connectivity index (χ4v) is 2.64. The van der Waals surface area contributed by atoms with Gasteiger partial charge in [0.15, 0.2) is 0 Å². The maximum absolute atomic E-state index is 12.6. The number of aryl methyl sites for hydroxylation is 2. The number of nitrogens with one attached hydrogen (secondary N) is 2. The van der Waals surface area contributed by atoms with E-state index in [9.17, 15) is 14.4 Å². The number of alkyl carbamates (subject to hydrolysis) is 1. The first-order valence-electron chi connectivity index (χ1n) is 8.99. The van der Waals surface area contributed by atoms with Crippen molar-refractivity contribution in [2.45, 2.75) is 39.3 Å². The van der Waals surface area contributed by atoms with Crippen LogP contribution in [0, 0.1) is 13.8 Å². The molecule has 2 aromatic carbocycles. The Hall–Kier alpha value is -3.35. The quantitative estimate of drug-likeness (QED) is 0.651. The number of carbonyl (C=O) groups excluding carboxylic acids is 3. The molecule has 1 unspecified atom stereocenters. The Morgan fingerprint density at radius 3 is 2.43 bits per heavy atom. The minimum absolute atomic E-state index is 0.0378. The number of ether oxygens (including phenoxy) is 1. The van der Waals surface area contributed by atoms with Crippen molar-refractivity contribution in [3.63, 3.8) is 0 Å². The molecule has 0 spiro atoms. The second kappa shape index (κ2) is 10.1. The lowest BCUT2D eigenvalue weighted by Gasteiger charge is -2.19. The molecule has 0 saturated carbocycles. The van der Waals surface area contributed by atoms with Crippen LogP contribution in [0.4, 0.5) is 10.5 Å². The van der Waals surface area contributed by atoms with Gasteiger partial charge in [0.1, 0.15) is 12.6 Å². The van der Waals surface area contributed by atoms with Gasteiger partial charge in [0.25, 0.3) is 0 Å². The second-order valence-electron chi connectivity index (χ2n) is 6.57. The van der Waals surface area contributed by atoms with Gasteiger partial charge in [-0.1, -0.05) is 48.0 Å². The van der Waals surface area contributed by atoms with Crippen molar-refractivity contribution in [2.24, 2.45) is 5.73 Å². The third-order valence-electron chi connectivity index (χ3n) is 4.14. The van der Waals surface area contributed by atoms with Gasteiger partial charge in [0.2, 0.25) is 11.8 Å². The molecule has 148 valence electrons. The maximum Gasteiger partial charge on any atom is 0.408 e. The van der Waals surface area contributed by atoms with Crippen molar-refractivity contribution in [3.05, 3.63) is 65.2 Å². The highest BCUT2D eigenvalue weighted by Gasteiger charge is 2.22. The van der Waals surface area contributed by atoms with Gasteiger partial charge in [-0.2, -0.15) is 0 Å². The minimum Gasteiger partial charge on any atom is -0.445 e. The van der Waals surface area contributed by atoms with Crippen LogP contribution in [0.2, 0.25) is 0 Å². The highest BCUT2D eigenvalue weighted by molar-refractivity contribution is 5.97. The zero-order valence-electron chi connectivity index (χ0n) is 16.0. The topological polar surface area (TPSA) is 111 Å². The van der Waals surface area contributed by atoms with Gasteiger partial charge in [-0.3, -0.25) is 9.59 Å². The van der Waals surface area contributed by atoms with E-state index < -0.39 is 23.9 Å². The summed E-state index contributed by atoms with van der Waals surface area (Å²) >= 11 is 0. The van der Waals surface area contributed by atoms with Crippen LogP contribution in [-0.2, 0) is 20.9 Å². The number of benzene rings is 2. The Bertz CT molecular complexity index is 837. The molecule has 3 amide bonds. The van der Waals surface area contributed by atoms with Crippen molar-refractivity contribution in [1.29, 1.82) is 0 Å². The van der Waals surface area contributed by atoms with Gasteiger partial charge < -0.3 is 21.1 Å². The Balaban J connectivity index is 2.00. The summed E-state index contributed by atoms with van der Waals surface area (Å²) < 4.78 is 5.16. The number of hydrogen-bond donors (Lipinski definition) is 3. The zero-order valence-corrected chi connectivity index (χ0v) is 16.0. The Morgan fingerprint density at radius 2 is 1.79 bits per heavy atom. The molecule has 0 bridgehead atoms. The number of nitrogens with two attached hydrogens (primary N) is 1. The molecule has 0 aliphatic rings. The third kappa shape index (κ3) is 6.75. The van der Waals surface area contributed by atoms with E-state index in [1.807, 2.05) is 56.3 Å². The number of amides is 3. The van der Waals surface area contributed by atoms with Crippen molar-refractivity contribution in [1.82, 2.24) is 5.32 Å². The number of anilines is 1. The van der Waals surface area contributed by atoms with Crippen LogP contribution in [0.5, 0.6) is 0 Å². The van der Waals surface area contributed by atoms with Crippen LogP contribution in [0.3, 0.4) is 0 Å². The fourth-order valence-electron chi connectivity index (χ4n) is 2.64. The summed E-state index contributed by atoms with van der Waals surface area (Å²) in [6.45, 7) is 3.91. The van der Waals surface area contributed by atoms with E-state index >= 15 is 0 Å². The lowest BCUT2D eigenvalue weighted by Crippen LogP contribution is -2.44. The predicted octanol–water partition coefficient (Wildman–Crippen LogP) is 2.80. The third-order valence-corrected chi connectivity index (χ3v) is 4.14. The second-order valence-corrected chi connectivity index (χ2v) is 6.57. The number of rotatable bonds is 8. The smallest absolute Gasteiger partial charge is 0.408 e. The summed E-state index contributed by atoms with van der Waals surface area (Å²) in [5, 5.41) is 5.29. The molecule has 2 aromatic rings. The Morgan fingerprint density at radius 1 is 1.07 bits per heavy atom. The van der Waals surface area contributed by atoms with E-state index in [1.54, 1.807) is 6.07 Å². The first-order valence-corrected chi connectivity index (χ1v) is 8.99. The molecule has 0 heterocycles. The summed E-state index contributed by atoms with van der Waals surface area (Å²) in [6, 6.07) is 13.8. The van der Waals surface area contributed by atoms with Crippen LogP contribution < -0.4 is 16.4 Å². The first-order chi connectivity index (χ1) is 13.3. The van der Waals surface area contributed by atoms with Gasteiger partial charge in [-0.25, -0.2) is 4.79 Å². The van der Waals surface area contributed by atoms with E-state index in [0.717, 1.165) is 16.7 Å². The maximum atomic E-state index is 12.6. The molecule has 4 N–H and O–H groups in total. The Labute approximate surface area is 164 Å². The molecule has 0 radical (unpaired) electrons. The minimum atomic E-state index is -0.948. The van der Waals surface area contributed by atoms with Gasteiger partial charge in [0.05, 0.1) is 0 Å². The fraction of sp³-hybridized carbons (Fsp3) is 0.286. The number of carbonyl (C=O) groups is 3. The molecule has 0 fully saturated rings. The molecule has 28 heavy (non-hydrogen) atoms. The van der Waals surface area contributed by atoms with E-state index in [0.29, 0.717) is 5.69 Å². The van der Waals surface area contributed by atoms with E-state index in [1.165, 1.54) is 0 Å². The van der Waals surface area contributed by atoms with Crippen LogP contribution in [0.15, 0.2) is 48.5 Å². The highest BCUT2D eigenvalue weighted by Crippen LogP contribution is 2.16. The van der Waals surface area contributed by atoms with E-state index in [2.05, 4.69) is 10.6 Å². The van der Waals surface area contributed by atoms with Crippen molar-refractivity contribution in [2.75, 3.05) is 5.32 Å². The molecular formula is C21H25N3O4. The van der Waals surface area contributed by atoms with Crippen molar-refractivity contribution < 1.29 is 19.1 Å². The molecule has 0 aliphatic heterocycles. The molecule has 7 nitrogen and oxygen atoms in total. The molecule has 0 aromatic heterocycles. The lowest BCUT2D eigenvalue weighted by atomic mass is 10.1. The molecule has 2 rings (SSSR count). The van der Waals surface area contributed by atoms with Crippen LogP contribution >= 0.6 is 0 Å². The Kier molecular flexibility index (Phi) is 7.56. The molecule has 0 aliphatic carbocycles. The average Bonchev–Trinajstić information content (AvgIpc) is 2.66. The van der Waals surface area contributed by atoms with E-state index in [-0.39, 0.29) is 19.4 Å².